The van der Waals surface area contributed by atoms with E-state index in [1.807, 2.05) is 30.3 Å². The molecule has 2 aromatic carbocycles. The third-order valence-corrected chi connectivity index (χ3v) is 2.76. The Hall–Kier alpha value is -1.70. The Morgan fingerprint density at radius 2 is 1.81 bits per heavy atom. The van der Waals surface area contributed by atoms with Crippen LogP contribution in [-0.4, -0.2) is 5.11 Å². The van der Waals surface area contributed by atoms with E-state index in [1.165, 1.54) is 0 Å². The molecule has 0 heterocycles. The second-order valence-electron chi connectivity index (χ2n) is 4.62. The quantitative estimate of drug-likeness (QED) is 0.596. The van der Waals surface area contributed by atoms with Crippen molar-refractivity contribution in [2.75, 3.05) is 5.73 Å². The number of benzene rings is 2. The molecule has 0 atom stereocenters. The van der Waals surface area contributed by atoms with Crippen LogP contribution in [0.4, 0.5) is 5.69 Å². The van der Waals surface area contributed by atoms with Gasteiger partial charge in [0.25, 0.3) is 0 Å². The molecule has 2 nitrogen and oxygen atoms in total. The van der Waals surface area contributed by atoms with Gasteiger partial charge in [-0.3, -0.25) is 0 Å². The van der Waals surface area contributed by atoms with E-state index in [0.717, 1.165) is 28.4 Å². The lowest BCUT2D eigenvalue weighted by Gasteiger charge is -2.12. The van der Waals surface area contributed by atoms with Gasteiger partial charge in [-0.1, -0.05) is 38.1 Å². The number of nitrogens with two attached hydrogens (primary N) is 1. The number of phenols is 1. The average Bonchev–Trinajstić information content (AvgIpc) is 2.25. The molecule has 0 aliphatic rings. The predicted octanol–water partition coefficient (Wildman–Crippen LogP) is 3.33. The Kier molecular flexibility index (Phi) is 2.73. The molecule has 0 amide bonds. The Morgan fingerprint density at radius 1 is 1.19 bits per heavy atom. The van der Waals surface area contributed by atoms with Crippen molar-refractivity contribution in [2.45, 2.75) is 20.3 Å². The molecule has 0 aromatic heterocycles. The van der Waals surface area contributed by atoms with Crippen molar-refractivity contribution in [3.63, 3.8) is 0 Å². The maximum atomic E-state index is 10.2. The summed E-state index contributed by atoms with van der Waals surface area (Å²) in [6.45, 7) is 4.26. The molecule has 0 aliphatic carbocycles. The highest BCUT2D eigenvalue weighted by Gasteiger charge is 2.10. The molecule has 0 fully saturated rings. The van der Waals surface area contributed by atoms with Crippen LogP contribution in [0.25, 0.3) is 10.8 Å². The van der Waals surface area contributed by atoms with Crippen LogP contribution in [0, 0.1) is 5.92 Å². The van der Waals surface area contributed by atoms with Gasteiger partial charge >= 0.3 is 0 Å². The molecule has 3 N–H and O–H groups in total. The predicted molar refractivity (Wildman–Crippen MR) is 68.6 cm³/mol. The van der Waals surface area contributed by atoms with Gasteiger partial charge in [0.05, 0.1) is 0 Å². The molecule has 84 valence electrons. The highest BCUT2D eigenvalue weighted by molar-refractivity contribution is 5.97. The molecule has 0 saturated heterocycles. The highest BCUT2D eigenvalue weighted by Crippen LogP contribution is 2.34. The Bertz CT molecular complexity index is 517. The molecule has 0 bridgehead atoms. The molecule has 0 radical (unpaired) electrons. The molecule has 2 rings (SSSR count). The summed E-state index contributed by atoms with van der Waals surface area (Å²) in [5.74, 6) is 0.880. The maximum Gasteiger partial charge on any atom is 0.126 e. The smallest absolute Gasteiger partial charge is 0.126 e. The molecule has 0 spiro atoms. The standard InChI is InChI=1S/C14H17NO/c1-9(2)7-10-8-13(15)11-5-3-4-6-12(11)14(10)16/h3-6,8-9,16H,7,15H2,1-2H3. The van der Waals surface area contributed by atoms with Gasteiger partial charge in [0.2, 0.25) is 0 Å². The molecular formula is C14H17NO. The number of aromatic hydroxyl groups is 1. The zero-order chi connectivity index (χ0) is 11.7. The molecule has 16 heavy (non-hydrogen) atoms. The van der Waals surface area contributed by atoms with Crippen LogP contribution in [0.5, 0.6) is 5.75 Å². The van der Waals surface area contributed by atoms with Gasteiger partial charge in [0.15, 0.2) is 0 Å². The van der Waals surface area contributed by atoms with Crippen LogP contribution in [0.1, 0.15) is 19.4 Å². The van der Waals surface area contributed by atoms with Crippen LogP contribution in [0.3, 0.4) is 0 Å². The second kappa shape index (κ2) is 4.05. The number of hydrogen-bond acceptors (Lipinski definition) is 2. The van der Waals surface area contributed by atoms with Gasteiger partial charge < -0.3 is 10.8 Å². The van der Waals surface area contributed by atoms with E-state index in [0.29, 0.717) is 11.7 Å². The SMILES string of the molecule is CC(C)Cc1cc(N)c2ccccc2c1O. The van der Waals surface area contributed by atoms with Crippen LogP contribution in [0.2, 0.25) is 0 Å². The lowest BCUT2D eigenvalue weighted by Crippen LogP contribution is -1.97. The summed E-state index contributed by atoms with van der Waals surface area (Å²) in [5.41, 5.74) is 7.67. The van der Waals surface area contributed by atoms with Crippen molar-refractivity contribution in [1.82, 2.24) is 0 Å². The first kappa shape index (κ1) is 10.8. The zero-order valence-corrected chi connectivity index (χ0v) is 9.70. The fraction of sp³-hybridized carbons (Fsp3) is 0.286. The van der Waals surface area contributed by atoms with Crippen molar-refractivity contribution in [2.24, 2.45) is 5.92 Å². The number of hydrogen-bond donors (Lipinski definition) is 2. The van der Waals surface area contributed by atoms with Crippen LogP contribution in [-0.2, 0) is 6.42 Å². The zero-order valence-electron chi connectivity index (χ0n) is 9.70. The summed E-state index contributed by atoms with van der Waals surface area (Å²) in [4.78, 5) is 0. The van der Waals surface area contributed by atoms with Crippen molar-refractivity contribution in [3.8, 4) is 5.75 Å². The molecule has 0 aliphatic heterocycles. The van der Waals surface area contributed by atoms with Crippen molar-refractivity contribution in [3.05, 3.63) is 35.9 Å². The summed E-state index contributed by atoms with van der Waals surface area (Å²) >= 11 is 0. The molecular weight excluding hydrogens is 198 g/mol. The fourth-order valence-corrected chi connectivity index (χ4v) is 2.04. The normalized spacial score (nSPS) is 11.2. The summed E-state index contributed by atoms with van der Waals surface area (Å²) in [6.07, 6.45) is 0.848. The number of fused-ring (bicyclic) bond motifs is 1. The van der Waals surface area contributed by atoms with Crippen molar-refractivity contribution < 1.29 is 5.11 Å². The van der Waals surface area contributed by atoms with Crippen LogP contribution >= 0.6 is 0 Å². The lowest BCUT2D eigenvalue weighted by atomic mass is 9.97. The Morgan fingerprint density at radius 3 is 2.44 bits per heavy atom. The largest absolute Gasteiger partial charge is 0.507 e. The van der Waals surface area contributed by atoms with E-state index in [2.05, 4.69) is 13.8 Å². The number of anilines is 1. The van der Waals surface area contributed by atoms with Gasteiger partial charge in [-0.05, 0) is 24.0 Å². The minimum absolute atomic E-state index is 0.374. The third kappa shape index (κ3) is 1.83. The van der Waals surface area contributed by atoms with E-state index >= 15 is 0 Å². The van der Waals surface area contributed by atoms with Crippen LogP contribution < -0.4 is 5.73 Å². The number of rotatable bonds is 2. The molecule has 0 unspecified atom stereocenters. The first-order chi connectivity index (χ1) is 7.59. The minimum atomic E-state index is 0.374. The summed E-state index contributed by atoms with van der Waals surface area (Å²) in [5, 5.41) is 11.9. The number of phenolic OH excluding ortho intramolecular Hbond substituents is 1. The second-order valence-corrected chi connectivity index (χ2v) is 4.62. The van der Waals surface area contributed by atoms with Gasteiger partial charge in [-0.15, -0.1) is 0 Å². The summed E-state index contributed by atoms with van der Waals surface area (Å²) in [6, 6.07) is 9.58. The van der Waals surface area contributed by atoms with Gasteiger partial charge in [-0.25, -0.2) is 0 Å². The Balaban J connectivity index is 2.65. The fourth-order valence-electron chi connectivity index (χ4n) is 2.04. The van der Waals surface area contributed by atoms with E-state index in [4.69, 9.17) is 5.73 Å². The molecule has 2 aromatic rings. The summed E-state index contributed by atoms with van der Waals surface area (Å²) in [7, 11) is 0. The van der Waals surface area contributed by atoms with E-state index < -0.39 is 0 Å². The number of nitrogen functional groups attached to an aromatic ring is 1. The van der Waals surface area contributed by atoms with Gasteiger partial charge in [0, 0.05) is 16.5 Å². The first-order valence-electron chi connectivity index (χ1n) is 5.58. The minimum Gasteiger partial charge on any atom is -0.507 e. The van der Waals surface area contributed by atoms with E-state index in [1.54, 1.807) is 0 Å². The van der Waals surface area contributed by atoms with E-state index in [9.17, 15) is 5.11 Å². The monoisotopic (exact) mass is 215 g/mol. The lowest BCUT2D eigenvalue weighted by molar-refractivity contribution is 0.469. The van der Waals surface area contributed by atoms with Gasteiger partial charge in [0.1, 0.15) is 5.75 Å². The summed E-state index contributed by atoms with van der Waals surface area (Å²) < 4.78 is 0. The molecule has 0 saturated carbocycles. The van der Waals surface area contributed by atoms with Crippen molar-refractivity contribution >= 4 is 16.5 Å². The molecule has 2 heteroatoms. The third-order valence-electron chi connectivity index (χ3n) is 2.76. The maximum absolute atomic E-state index is 10.2. The Labute approximate surface area is 95.7 Å². The van der Waals surface area contributed by atoms with E-state index in [-0.39, 0.29) is 0 Å². The highest BCUT2D eigenvalue weighted by atomic mass is 16.3. The average molecular weight is 215 g/mol. The van der Waals surface area contributed by atoms with Crippen molar-refractivity contribution in [1.29, 1.82) is 0 Å². The first-order valence-corrected chi connectivity index (χ1v) is 5.58. The van der Waals surface area contributed by atoms with Gasteiger partial charge in [-0.2, -0.15) is 0 Å². The van der Waals surface area contributed by atoms with Crippen LogP contribution in [0.15, 0.2) is 30.3 Å². The topological polar surface area (TPSA) is 46.2 Å².